The zero-order chi connectivity index (χ0) is 20.2. The number of nitrogens with one attached hydrogen (secondary N) is 1. The van der Waals surface area contributed by atoms with Gasteiger partial charge in [-0.15, -0.1) is 0 Å². The summed E-state index contributed by atoms with van der Waals surface area (Å²) in [6, 6.07) is 13.7. The summed E-state index contributed by atoms with van der Waals surface area (Å²) in [4.78, 5) is 6.97. The predicted octanol–water partition coefficient (Wildman–Crippen LogP) is 4.68. The molecule has 0 unspecified atom stereocenters. The van der Waals surface area contributed by atoms with Gasteiger partial charge in [-0.05, 0) is 35.9 Å². The van der Waals surface area contributed by atoms with E-state index in [1.807, 2.05) is 42.5 Å². The van der Waals surface area contributed by atoms with E-state index < -0.39 is 0 Å². The molecule has 0 atom stereocenters. The van der Waals surface area contributed by atoms with Gasteiger partial charge in [-0.3, -0.25) is 0 Å². The number of rotatable bonds is 6. The number of aromatic nitrogens is 1. The third-order valence-corrected chi connectivity index (χ3v) is 5.61. The number of fused-ring (bicyclic) bond motifs is 1. The molecule has 4 rings (SSSR count). The Morgan fingerprint density at radius 3 is 2.69 bits per heavy atom. The van der Waals surface area contributed by atoms with Crippen LogP contribution < -0.4 is 15.0 Å². The van der Waals surface area contributed by atoms with E-state index in [0.29, 0.717) is 31.5 Å². The summed E-state index contributed by atoms with van der Waals surface area (Å²) in [5.41, 5.74) is 4.06. The maximum atomic E-state index is 6.65. The van der Waals surface area contributed by atoms with Gasteiger partial charge in [-0.25, -0.2) is 4.98 Å². The SMILES string of the molecule is COc1ccc2nc(Cl)c(CNCc3cccc(Cl)c3)c(N3CCOCC3)c2c1. The Morgan fingerprint density at radius 2 is 1.93 bits per heavy atom. The van der Waals surface area contributed by atoms with E-state index in [1.54, 1.807) is 7.11 Å². The highest BCUT2D eigenvalue weighted by atomic mass is 35.5. The van der Waals surface area contributed by atoms with Crippen molar-refractivity contribution in [3.8, 4) is 5.75 Å². The van der Waals surface area contributed by atoms with Crippen LogP contribution in [0.3, 0.4) is 0 Å². The van der Waals surface area contributed by atoms with Crippen molar-refractivity contribution in [2.45, 2.75) is 13.1 Å². The van der Waals surface area contributed by atoms with Crippen LogP contribution in [-0.2, 0) is 17.8 Å². The Balaban J connectivity index is 1.69. The molecular weight excluding hydrogens is 409 g/mol. The van der Waals surface area contributed by atoms with Gasteiger partial charge in [-0.1, -0.05) is 35.3 Å². The Hall–Kier alpha value is -2.05. The van der Waals surface area contributed by atoms with Gasteiger partial charge in [0.2, 0.25) is 0 Å². The molecule has 3 aromatic rings. The summed E-state index contributed by atoms with van der Waals surface area (Å²) < 4.78 is 11.0. The average Bonchev–Trinajstić information content (AvgIpc) is 2.74. The Kier molecular flexibility index (Phi) is 6.40. The molecule has 2 heterocycles. The van der Waals surface area contributed by atoms with E-state index in [-0.39, 0.29) is 0 Å². The second kappa shape index (κ2) is 9.18. The van der Waals surface area contributed by atoms with Gasteiger partial charge >= 0.3 is 0 Å². The number of hydrogen-bond acceptors (Lipinski definition) is 5. The minimum Gasteiger partial charge on any atom is -0.497 e. The van der Waals surface area contributed by atoms with Crippen LogP contribution in [0.15, 0.2) is 42.5 Å². The fourth-order valence-corrected chi connectivity index (χ4v) is 4.11. The predicted molar refractivity (Wildman–Crippen MR) is 118 cm³/mol. The third-order valence-electron chi connectivity index (χ3n) is 5.06. The zero-order valence-electron chi connectivity index (χ0n) is 16.3. The minimum absolute atomic E-state index is 0.516. The van der Waals surface area contributed by atoms with Crippen molar-refractivity contribution in [1.82, 2.24) is 10.3 Å². The number of benzene rings is 2. The molecule has 5 nitrogen and oxygen atoms in total. The van der Waals surface area contributed by atoms with Crippen LogP contribution >= 0.6 is 23.2 Å². The molecule has 1 aliphatic rings. The first-order valence-corrected chi connectivity index (χ1v) is 10.4. The lowest BCUT2D eigenvalue weighted by atomic mass is 10.1. The van der Waals surface area contributed by atoms with Crippen LogP contribution in [-0.4, -0.2) is 38.4 Å². The first-order chi connectivity index (χ1) is 14.2. The molecule has 0 spiro atoms. The largest absolute Gasteiger partial charge is 0.497 e. The monoisotopic (exact) mass is 431 g/mol. The number of methoxy groups -OCH3 is 1. The van der Waals surface area contributed by atoms with Crippen molar-refractivity contribution < 1.29 is 9.47 Å². The van der Waals surface area contributed by atoms with E-state index in [1.165, 1.54) is 0 Å². The number of morpholine rings is 1. The van der Waals surface area contributed by atoms with Gasteiger partial charge in [0.05, 0.1) is 31.5 Å². The summed E-state index contributed by atoms with van der Waals surface area (Å²) in [5.74, 6) is 0.800. The number of halogens is 2. The molecule has 7 heteroatoms. The van der Waals surface area contributed by atoms with Crippen LogP contribution in [0.25, 0.3) is 10.9 Å². The number of pyridine rings is 1. The fourth-order valence-electron chi connectivity index (χ4n) is 3.65. The molecule has 1 aliphatic heterocycles. The van der Waals surface area contributed by atoms with Crippen molar-refractivity contribution in [1.29, 1.82) is 0 Å². The van der Waals surface area contributed by atoms with Crippen LogP contribution in [0.1, 0.15) is 11.1 Å². The lowest BCUT2D eigenvalue weighted by Crippen LogP contribution is -2.37. The smallest absolute Gasteiger partial charge is 0.136 e. The molecule has 0 radical (unpaired) electrons. The van der Waals surface area contributed by atoms with Crippen LogP contribution in [0.5, 0.6) is 5.75 Å². The van der Waals surface area contributed by atoms with Crippen molar-refractivity contribution in [3.63, 3.8) is 0 Å². The maximum absolute atomic E-state index is 6.65. The van der Waals surface area contributed by atoms with Gasteiger partial charge < -0.3 is 19.7 Å². The molecule has 1 N–H and O–H groups in total. The summed E-state index contributed by atoms with van der Waals surface area (Å²) in [6.07, 6.45) is 0. The molecule has 29 heavy (non-hydrogen) atoms. The van der Waals surface area contributed by atoms with Crippen LogP contribution in [0, 0.1) is 0 Å². The molecule has 0 saturated carbocycles. The van der Waals surface area contributed by atoms with Crippen molar-refractivity contribution >= 4 is 39.8 Å². The lowest BCUT2D eigenvalue weighted by molar-refractivity contribution is 0.122. The van der Waals surface area contributed by atoms with Gasteiger partial charge in [0.25, 0.3) is 0 Å². The Labute approximate surface area is 180 Å². The second-order valence-electron chi connectivity index (χ2n) is 6.95. The second-order valence-corrected chi connectivity index (χ2v) is 7.74. The van der Waals surface area contributed by atoms with Crippen molar-refractivity contribution in [2.75, 3.05) is 38.3 Å². The Bertz CT molecular complexity index is 1010. The van der Waals surface area contributed by atoms with Gasteiger partial charge in [-0.2, -0.15) is 0 Å². The summed E-state index contributed by atoms with van der Waals surface area (Å²) in [7, 11) is 1.67. The molecular formula is C22H23Cl2N3O2. The zero-order valence-corrected chi connectivity index (χ0v) is 17.8. The normalized spacial score (nSPS) is 14.4. The van der Waals surface area contributed by atoms with Gasteiger partial charge in [0.1, 0.15) is 10.9 Å². The molecule has 2 aromatic carbocycles. The van der Waals surface area contributed by atoms with Crippen molar-refractivity contribution in [3.05, 3.63) is 63.8 Å². The van der Waals surface area contributed by atoms with Crippen LogP contribution in [0.2, 0.25) is 10.2 Å². The average molecular weight is 432 g/mol. The number of hydrogen-bond donors (Lipinski definition) is 1. The summed E-state index contributed by atoms with van der Waals surface area (Å²) >= 11 is 12.7. The van der Waals surface area contributed by atoms with Gasteiger partial charge in [0, 0.05) is 42.2 Å². The summed E-state index contributed by atoms with van der Waals surface area (Å²) in [6.45, 7) is 4.30. The topological polar surface area (TPSA) is 46.6 Å². The van der Waals surface area contributed by atoms with Crippen LogP contribution in [0.4, 0.5) is 5.69 Å². The quantitative estimate of drug-likeness (QED) is 0.574. The molecule has 1 fully saturated rings. The molecule has 1 aromatic heterocycles. The van der Waals surface area contributed by atoms with E-state index in [0.717, 1.165) is 51.6 Å². The highest BCUT2D eigenvalue weighted by Gasteiger charge is 2.21. The van der Waals surface area contributed by atoms with E-state index in [4.69, 9.17) is 32.7 Å². The molecule has 0 amide bonds. The first-order valence-electron chi connectivity index (χ1n) is 9.59. The van der Waals surface area contributed by atoms with Crippen molar-refractivity contribution in [2.24, 2.45) is 0 Å². The van der Waals surface area contributed by atoms with Gasteiger partial charge in [0.15, 0.2) is 0 Å². The summed E-state index contributed by atoms with van der Waals surface area (Å²) in [5, 5.41) is 5.77. The molecule has 0 aliphatic carbocycles. The Morgan fingerprint density at radius 1 is 1.10 bits per heavy atom. The highest BCUT2D eigenvalue weighted by Crippen LogP contribution is 2.36. The fraction of sp³-hybridized carbons (Fsp3) is 0.318. The first kappa shape index (κ1) is 20.2. The van der Waals surface area contributed by atoms with E-state index >= 15 is 0 Å². The highest BCUT2D eigenvalue weighted by molar-refractivity contribution is 6.31. The molecule has 152 valence electrons. The number of nitrogens with zero attached hydrogens (tertiary/aromatic N) is 2. The number of anilines is 1. The lowest BCUT2D eigenvalue weighted by Gasteiger charge is -2.32. The molecule has 1 saturated heterocycles. The third kappa shape index (κ3) is 4.59. The maximum Gasteiger partial charge on any atom is 0.136 e. The standard InChI is InChI=1S/C22H23Cl2N3O2/c1-28-17-5-6-20-18(12-17)21(27-7-9-29-10-8-27)19(22(24)26-20)14-25-13-15-3-2-4-16(23)11-15/h2-6,11-12,25H,7-10,13-14H2,1H3. The number of ether oxygens (including phenoxy) is 2. The van der Waals surface area contributed by atoms with E-state index in [9.17, 15) is 0 Å². The molecule has 0 bridgehead atoms. The minimum atomic E-state index is 0.516. The van der Waals surface area contributed by atoms with E-state index in [2.05, 4.69) is 15.2 Å².